The summed E-state index contributed by atoms with van der Waals surface area (Å²) in [5.41, 5.74) is 0.704. The molecule has 0 radical (unpaired) electrons. The molecule has 1 aliphatic heterocycles. The van der Waals surface area contributed by atoms with E-state index < -0.39 is 6.10 Å². The Morgan fingerprint density at radius 1 is 1.58 bits per heavy atom. The van der Waals surface area contributed by atoms with Crippen LogP contribution in [0.25, 0.3) is 10.2 Å². The van der Waals surface area contributed by atoms with Crippen molar-refractivity contribution < 1.29 is 14.6 Å². The Morgan fingerprint density at radius 2 is 2.38 bits per heavy atom. The molecule has 1 amide bonds. The van der Waals surface area contributed by atoms with Crippen LogP contribution in [0, 0.1) is 18.1 Å². The highest BCUT2D eigenvalue weighted by molar-refractivity contribution is 7.18. The Labute approximate surface area is 143 Å². The van der Waals surface area contributed by atoms with E-state index in [1.54, 1.807) is 11.3 Å². The lowest BCUT2D eigenvalue weighted by Crippen LogP contribution is -2.33. The van der Waals surface area contributed by atoms with E-state index in [1.807, 2.05) is 18.2 Å². The van der Waals surface area contributed by atoms with Crippen molar-refractivity contribution >= 4 is 27.5 Å². The van der Waals surface area contributed by atoms with Gasteiger partial charge >= 0.3 is 5.91 Å². The zero-order valence-electron chi connectivity index (χ0n) is 13.5. The second-order valence-corrected chi connectivity index (χ2v) is 7.36. The molecule has 1 aromatic carbocycles. The number of aliphatic hydroxyl groups is 1. The van der Waals surface area contributed by atoms with E-state index in [-0.39, 0.29) is 17.9 Å². The highest BCUT2D eigenvalue weighted by Crippen LogP contribution is 2.34. The number of hydrogen-bond donors (Lipinski definition) is 1. The zero-order chi connectivity index (χ0) is 17.3. The van der Waals surface area contributed by atoms with Gasteiger partial charge in [-0.2, -0.15) is 17.4 Å². The molecule has 3 rings (SSSR count). The van der Waals surface area contributed by atoms with E-state index in [0.29, 0.717) is 11.8 Å². The Balaban J connectivity index is 2.02. The number of carbonyl (C=O) groups excluding carboxylic acids is 1. The van der Waals surface area contributed by atoms with E-state index in [0.717, 1.165) is 21.6 Å². The topological polar surface area (TPSA) is 86.2 Å². The molecule has 1 fully saturated rings. The molecule has 1 atom stereocenters. The molecule has 1 aromatic heterocycles. The number of thiazole rings is 1. The fraction of sp³-hybridized carbons (Fsp3) is 0.412. The molecule has 1 saturated heterocycles. The van der Waals surface area contributed by atoms with Crippen LogP contribution in [0.4, 0.5) is 0 Å². The number of benzene rings is 1. The maximum atomic E-state index is 12.1. The van der Waals surface area contributed by atoms with Gasteiger partial charge in [0.1, 0.15) is 0 Å². The fourth-order valence-corrected chi connectivity index (χ4v) is 3.67. The monoisotopic (exact) mass is 344 g/mol. The molecule has 1 aliphatic rings. The van der Waals surface area contributed by atoms with Gasteiger partial charge < -0.3 is 14.8 Å². The number of hydrogen-bond acceptors (Lipinski definition) is 6. The Kier molecular flexibility index (Phi) is 4.45. The summed E-state index contributed by atoms with van der Waals surface area (Å²) in [4.78, 5) is 16.8. The number of aromatic nitrogens is 1. The van der Waals surface area contributed by atoms with Crippen molar-refractivity contribution in [3.8, 4) is 6.07 Å². The second kappa shape index (κ2) is 6.40. The van der Waals surface area contributed by atoms with Crippen LogP contribution < -0.4 is 9.93 Å². The molecular weight excluding hydrogens is 326 g/mol. The van der Waals surface area contributed by atoms with Crippen molar-refractivity contribution in [1.82, 2.24) is 9.56 Å². The van der Waals surface area contributed by atoms with Gasteiger partial charge in [0.2, 0.25) is 0 Å². The average molecular weight is 344 g/mol. The van der Waals surface area contributed by atoms with Crippen molar-refractivity contribution in [2.75, 3.05) is 6.61 Å². The van der Waals surface area contributed by atoms with Crippen molar-refractivity contribution in [3.63, 3.8) is 0 Å². The van der Waals surface area contributed by atoms with Gasteiger partial charge in [-0.15, -0.1) is 17.4 Å². The molecule has 6 nitrogen and oxygen atoms in total. The van der Waals surface area contributed by atoms with Crippen LogP contribution in [-0.2, 0) is 14.9 Å². The predicted molar refractivity (Wildman–Crippen MR) is 89.6 cm³/mol. The molecule has 0 bridgehead atoms. The second-order valence-electron chi connectivity index (χ2n) is 6.33. The van der Waals surface area contributed by atoms with Crippen LogP contribution >= 0.6 is 11.3 Å². The van der Waals surface area contributed by atoms with Gasteiger partial charge in [0.25, 0.3) is 0 Å². The summed E-state index contributed by atoms with van der Waals surface area (Å²) in [6.45, 7) is 5.16. The number of carbonyl (C=O) groups is 1. The summed E-state index contributed by atoms with van der Waals surface area (Å²) < 4.78 is 7.53. The Hall–Kier alpha value is -2.14. The number of nitriles is 1. The van der Waals surface area contributed by atoms with Gasteiger partial charge in [0.05, 0.1) is 17.7 Å². The molecule has 2 heterocycles. The third-order valence-electron chi connectivity index (χ3n) is 4.10. The SMILES string of the molecule is CC(C)(CCC#N)c1nc2c[cH-]c(=[N+]3[CH-]O[C@H](CO)C3=O)cc2s1. The first kappa shape index (κ1) is 16.7. The number of aliphatic hydroxyl groups excluding tert-OH is 1. The summed E-state index contributed by atoms with van der Waals surface area (Å²) in [6.07, 6.45) is 0.411. The Morgan fingerprint density at radius 3 is 3.04 bits per heavy atom. The Bertz CT molecular complexity index is 888. The van der Waals surface area contributed by atoms with E-state index in [1.165, 1.54) is 11.3 Å². The van der Waals surface area contributed by atoms with Crippen molar-refractivity contribution in [1.29, 1.82) is 5.26 Å². The minimum atomic E-state index is -0.831. The van der Waals surface area contributed by atoms with Gasteiger partial charge in [0.15, 0.2) is 12.8 Å². The van der Waals surface area contributed by atoms with Crippen LogP contribution in [-0.4, -0.2) is 28.7 Å². The first-order valence-corrected chi connectivity index (χ1v) is 8.48. The molecule has 126 valence electrons. The minimum absolute atomic E-state index is 0.166. The molecule has 1 N–H and O–H groups in total. The molecule has 24 heavy (non-hydrogen) atoms. The maximum absolute atomic E-state index is 12.1. The van der Waals surface area contributed by atoms with E-state index in [9.17, 15) is 4.79 Å². The molecule has 7 heteroatoms. The number of nitrogens with zero attached hydrogens (tertiary/aromatic N) is 3. The third-order valence-corrected chi connectivity index (χ3v) is 5.48. The molecule has 2 aromatic rings. The summed E-state index contributed by atoms with van der Waals surface area (Å²) in [7, 11) is 0. The fourth-order valence-electron chi connectivity index (χ4n) is 2.54. The van der Waals surface area contributed by atoms with E-state index in [4.69, 9.17) is 15.1 Å². The summed E-state index contributed by atoms with van der Waals surface area (Å²) in [6, 6.07) is 7.76. The number of fused-ring (bicyclic) bond motifs is 1. The molecule has 0 aliphatic carbocycles. The lowest BCUT2D eigenvalue weighted by molar-refractivity contribution is -0.126. The quantitative estimate of drug-likeness (QED) is 0.669. The van der Waals surface area contributed by atoms with Gasteiger partial charge in [-0.05, 0) is 11.9 Å². The van der Waals surface area contributed by atoms with Crippen LogP contribution in [0.15, 0.2) is 18.2 Å². The lowest BCUT2D eigenvalue weighted by atomic mass is 9.89. The predicted octanol–water partition coefficient (Wildman–Crippen LogP) is 1.41. The van der Waals surface area contributed by atoms with E-state index in [2.05, 4.69) is 24.9 Å². The smallest absolute Gasteiger partial charge is 0.313 e. The highest BCUT2D eigenvalue weighted by Gasteiger charge is 2.29. The average Bonchev–Trinajstić information content (AvgIpc) is 3.15. The minimum Gasteiger partial charge on any atom is -0.394 e. The highest BCUT2D eigenvalue weighted by atomic mass is 32.1. The zero-order valence-corrected chi connectivity index (χ0v) is 14.3. The van der Waals surface area contributed by atoms with Gasteiger partial charge in [-0.3, -0.25) is 9.37 Å². The largest absolute Gasteiger partial charge is 0.394 e. The summed E-state index contributed by atoms with van der Waals surface area (Å²) in [5, 5.41) is 19.6. The van der Waals surface area contributed by atoms with Crippen LogP contribution in [0.1, 0.15) is 31.7 Å². The van der Waals surface area contributed by atoms with Gasteiger partial charge in [-0.1, -0.05) is 18.5 Å². The van der Waals surface area contributed by atoms with Crippen molar-refractivity contribution in [3.05, 3.63) is 35.3 Å². The molecule has 0 spiro atoms. The van der Waals surface area contributed by atoms with Crippen LogP contribution in [0.2, 0.25) is 0 Å². The van der Waals surface area contributed by atoms with Gasteiger partial charge in [0, 0.05) is 17.2 Å². The molecule has 0 saturated carbocycles. The summed E-state index contributed by atoms with van der Waals surface area (Å²) >= 11 is 1.57. The summed E-state index contributed by atoms with van der Waals surface area (Å²) in [5.74, 6) is -0.282. The van der Waals surface area contributed by atoms with Crippen LogP contribution in [0.5, 0.6) is 0 Å². The normalized spacial score (nSPS) is 20.2. The first-order chi connectivity index (χ1) is 11.5. The standard InChI is InChI=1S/C17H18N3O3S/c1-17(2,6-3-7-18)16-19-12-5-4-11(8-14(12)24-16)20-10-23-13(9-21)15(20)22/h4-5,8,10,13,21H,3,6,9H2,1-2H3/q-1/t13-/m1/s1. The number of ether oxygens (including phenoxy) is 1. The number of amides is 1. The lowest BCUT2D eigenvalue weighted by Gasteiger charge is -2.20. The number of rotatable bonds is 4. The third kappa shape index (κ3) is 2.96. The molecular formula is C17H18N3O3S-. The van der Waals surface area contributed by atoms with Crippen molar-refractivity contribution in [2.45, 2.75) is 38.2 Å². The van der Waals surface area contributed by atoms with Crippen LogP contribution in [0.3, 0.4) is 0 Å². The first-order valence-electron chi connectivity index (χ1n) is 7.67. The van der Waals surface area contributed by atoms with E-state index >= 15 is 0 Å². The van der Waals surface area contributed by atoms with Crippen molar-refractivity contribution in [2.24, 2.45) is 0 Å². The maximum Gasteiger partial charge on any atom is 0.313 e. The van der Waals surface area contributed by atoms with Gasteiger partial charge in [-0.25, -0.2) is 0 Å². The molecule has 0 unspecified atom stereocenters.